The number of hydrogen-bond acceptors (Lipinski definition) is 4. The minimum absolute atomic E-state index is 0.173. The Labute approximate surface area is 112 Å². The molecule has 1 aromatic rings. The SMILES string of the molecule is COc1cccc(CN2CCC(CC(=O)O)C2)c1O. The maximum absolute atomic E-state index is 10.7. The fourth-order valence-corrected chi connectivity index (χ4v) is 2.57. The number of para-hydroxylation sites is 1. The molecule has 5 nitrogen and oxygen atoms in total. The van der Waals surface area contributed by atoms with Crippen LogP contribution in [0.1, 0.15) is 18.4 Å². The Bertz CT molecular complexity index is 461. The van der Waals surface area contributed by atoms with Gasteiger partial charge in [0.2, 0.25) is 0 Å². The lowest BCUT2D eigenvalue weighted by Gasteiger charge is -2.17. The molecule has 104 valence electrons. The molecule has 1 aliphatic heterocycles. The Hall–Kier alpha value is -1.75. The van der Waals surface area contributed by atoms with Crippen LogP contribution in [-0.4, -0.2) is 41.3 Å². The quantitative estimate of drug-likeness (QED) is 0.848. The lowest BCUT2D eigenvalue weighted by Crippen LogP contribution is -2.21. The zero-order chi connectivity index (χ0) is 13.8. The highest BCUT2D eigenvalue weighted by molar-refractivity contribution is 5.67. The van der Waals surface area contributed by atoms with E-state index < -0.39 is 5.97 Å². The van der Waals surface area contributed by atoms with Crippen molar-refractivity contribution in [1.29, 1.82) is 0 Å². The van der Waals surface area contributed by atoms with Crippen molar-refractivity contribution in [3.8, 4) is 11.5 Å². The highest BCUT2D eigenvalue weighted by Crippen LogP contribution is 2.31. The highest BCUT2D eigenvalue weighted by Gasteiger charge is 2.25. The molecule has 5 heteroatoms. The number of carboxylic acid groups (broad SMARTS) is 1. The number of benzene rings is 1. The fraction of sp³-hybridized carbons (Fsp3) is 0.500. The van der Waals surface area contributed by atoms with Crippen LogP contribution >= 0.6 is 0 Å². The van der Waals surface area contributed by atoms with Crippen LogP contribution < -0.4 is 4.74 Å². The van der Waals surface area contributed by atoms with Gasteiger partial charge in [0, 0.05) is 25.1 Å². The van der Waals surface area contributed by atoms with E-state index in [1.807, 2.05) is 12.1 Å². The number of methoxy groups -OCH3 is 1. The number of aliphatic carboxylic acids is 1. The van der Waals surface area contributed by atoms with E-state index in [-0.39, 0.29) is 18.1 Å². The van der Waals surface area contributed by atoms with Crippen LogP contribution in [0, 0.1) is 5.92 Å². The molecule has 0 saturated carbocycles. The van der Waals surface area contributed by atoms with Gasteiger partial charge in [0.05, 0.1) is 7.11 Å². The molecule has 0 amide bonds. The second-order valence-electron chi connectivity index (χ2n) is 4.96. The van der Waals surface area contributed by atoms with Crippen molar-refractivity contribution in [2.24, 2.45) is 5.92 Å². The Kier molecular flexibility index (Phi) is 4.27. The first-order valence-corrected chi connectivity index (χ1v) is 6.39. The minimum atomic E-state index is -0.740. The molecule has 1 heterocycles. The highest BCUT2D eigenvalue weighted by atomic mass is 16.5. The molecule has 0 spiro atoms. The van der Waals surface area contributed by atoms with Crippen molar-refractivity contribution in [2.45, 2.75) is 19.4 Å². The number of hydrogen-bond donors (Lipinski definition) is 2. The molecule has 1 saturated heterocycles. The first-order chi connectivity index (χ1) is 9.10. The maximum atomic E-state index is 10.7. The van der Waals surface area contributed by atoms with Crippen LogP contribution in [0.3, 0.4) is 0 Å². The maximum Gasteiger partial charge on any atom is 0.303 e. The molecule has 1 aliphatic rings. The molecule has 2 rings (SSSR count). The van der Waals surface area contributed by atoms with Crippen LogP contribution in [0.25, 0.3) is 0 Å². The van der Waals surface area contributed by atoms with Gasteiger partial charge in [-0.1, -0.05) is 12.1 Å². The summed E-state index contributed by atoms with van der Waals surface area (Å²) in [6.45, 7) is 2.26. The molecule has 1 aromatic carbocycles. The van der Waals surface area contributed by atoms with Gasteiger partial charge >= 0.3 is 5.97 Å². The molecule has 2 N–H and O–H groups in total. The van der Waals surface area contributed by atoms with E-state index in [0.29, 0.717) is 12.3 Å². The summed E-state index contributed by atoms with van der Waals surface area (Å²) < 4.78 is 5.08. The number of carboxylic acids is 1. The van der Waals surface area contributed by atoms with E-state index in [1.165, 1.54) is 7.11 Å². The standard InChI is InChI=1S/C14H19NO4/c1-19-12-4-2-3-11(14(12)18)9-15-6-5-10(8-15)7-13(16)17/h2-4,10,18H,5-9H2,1H3,(H,16,17). The predicted molar refractivity (Wildman–Crippen MR) is 70.3 cm³/mol. The van der Waals surface area contributed by atoms with Gasteiger partial charge < -0.3 is 14.9 Å². The zero-order valence-electron chi connectivity index (χ0n) is 11.0. The largest absolute Gasteiger partial charge is 0.504 e. The lowest BCUT2D eigenvalue weighted by molar-refractivity contribution is -0.138. The van der Waals surface area contributed by atoms with Gasteiger partial charge in [-0.25, -0.2) is 0 Å². The Balaban J connectivity index is 1.97. The Morgan fingerprint density at radius 2 is 2.32 bits per heavy atom. The number of rotatable bonds is 5. The van der Waals surface area contributed by atoms with E-state index in [9.17, 15) is 9.90 Å². The number of nitrogens with zero attached hydrogens (tertiary/aromatic N) is 1. The van der Waals surface area contributed by atoms with Crippen LogP contribution in [0.2, 0.25) is 0 Å². The number of phenolic OH excluding ortho intramolecular Hbond substituents is 1. The van der Waals surface area contributed by atoms with Gasteiger partial charge in [-0.3, -0.25) is 9.69 Å². The summed E-state index contributed by atoms with van der Waals surface area (Å²) in [4.78, 5) is 12.9. The van der Waals surface area contributed by atoms with Gasteiger partial charge in [0.25, 0.3) is 0 Å². The second-order valence-corrected chi connectivity index (χ2v) is 4.96. The van der Waals surface area contributed by atoms with Crippen molar-refractivity contribution in [1.82, 2.24) is 4.90 Å². The normalized spacial score (nSPS) is 19.5. The molecule has 0 aromatic heterocycles. The third-order valence-corrected chi connectivity index (χ3v) is 3.53. The summed E-state index contributed by atoms with van der Waals surface area (Å²) in [6, 6.07) is 5.43. The summed E-state index contributed by atoms with van der Waals surface area (Å²) in [7, 11) is 1.53. The van der Waals surface area contributed by atoms with Gasteiger partial charge in [0.15, 0.2) is 11.5 Å². The zero-order valence-corrected chi connectivity index (χ0v) is 11.0. The van der Waals surface area contributed by atoms with Crippen molar-refractivity contribution in [2.75, 3.05) is 20.2 Å². The molecule has 0 bridgehead atoms. The molecule has 1 fully saturated rings. The predicted octanol–water partition coefficient (Wildman–Crippen LogP) is 1.70. The van der Waals surface area contributed by atoms with Crippen LogP contribution in [0.5, 0.6) is 11.5 Å². The van der Waals surface area contributed by atoms with E-state index >= 15 is 0 Å². The van der Waals surface area contributed by atoms with E-state index in [0.717, 1.165) is 25.1 Å². The number of phenols is 1. The smallest absolute Gasteiger partial charge is 0.303 e. The van der Waals surface area contributed by atoms with Gasteiger partial charge in [-0.15, -0.1) is 0 Å². The van der Waals surface area contributed by atoms with E-state index in [2.05, 4.69) is 4.90 Å². The van der Waals surface area contributed by atoms with Crippen molar-refractivity contribution in [3.63, 3.8) is 0 Å². The number of ether oxygens (including phenoxy) is 1. The second kappa shape index (κ2) is 5.93. The summed E-state index contributed by atoms with van der Waals surface area (Å²) in [5.74, 6) is 0.117. The summed E-state index contributed by atoms with van der Waals surface area (Å²) >= 11 is 0. The third-order valence-electron chi connectivity index (χ3n) is 3.53. The molecule has 1 atom stereocenters. The van der Waals surface area contributed by atoms with Crippen molar-refractivity contribution >= 4 is 5.97 Å². The van der Waals surface area contributed by atoms with E-state index in [4.69, 9.17) is 9.84 Å². The Morgan fingerprint density at radius 3 is 3.00 bits per heavy atom. The molecule has 1 unspecified atom stereocenters. The van der Waals surface area contributed by atoms with Crippen LogP contribution in [-0.2, 0) is 11.3 Å². The van der Waals surface area contributed by atoms with Crippen molar-refractivity contribution in [3.05, 3.63) is 23.8 Å². The fourth-order valence-electron chi connectivity index (χ4n) is 2.57. The molecule has 19 heavy (non-hydrogen) atoms. The molecular formula is C14H19NO4. The van der Waals surface area contributed by atoms with Gasteiger partial charge in [-0.2, -0.15) is 0 Å². The summed E-state index contributed by atoms with van der Waals surface area (Å²) in [6.07, 6.45) is 1.12. The number of likely N-dealkylation sites (tertiary alicyclic amines) is 1. The van der Waals surface area contributed by atoms with Crippen molar-refractivity contribution < 1.29 is 19.7 Å². The molecular weight excluding hydrogens is 246 g/mol. The topological polar surface area (TPSA) is 70.0 Å². The molecule has 0 aliphatic carbocycles. The number of aromatic hydroxyl groups is 1. The van der Waals surface area contributed by atoms with E-state index in [1.54, 1.807) is 6.07 Å². The van der Waals surface area contributed by atoms with Crippen LogP contribution in [0.4, 0.5) is 0 Å². The Morgan fingerprint density at radius 1 is 1.53 bits per heavy atom. The lowest BCUT2D eigenvalue weighted by atomic mass is 10.1. The molecule has 0 radical (unpaired) electrons. The first kappa shape index (κ1) is 13.7. The first-order valence-electron chi connectivity index (χ1n) is 6.39. The van der Waals surface area contributed by atoms with Crippen LogP contribution in [0.15, 0.2) is 18.2 Å². The van der Waals surface area contributed by atoms with Gasteiger partial charge in [-0.05, 0) is 24.9 Å². The average molecular weight is 265 g/mol. The number of carbonyl (C=O) groups is 1. The average Bonchev–Trinajstić information content (AvgIpc) is 2.78. The summed E-state index contributed by atoms with van der Waals surface area (Å²) in [5.41, 5.74) is 0.815. The third kappa shape index (κ3) is 3.38. The summed E-state index contributed by atoms with van der Waals surface area (Å²) in [5, 5.41) is 18.8. The monoisotopic (exact) mass is 265 g/mol. The van der Waals surface area contributed by atoms with Gasteiger partial charge in [0.1, 0.15) is 0 Å². The minimum Gasteiger partial charge on any atom is -0.504 e.